The summed E-state index contributed by atoms with van der Waals surface area (Å²) in [5.74, 6) is 0.908. The number of aryl methyl sites for hydroxylation is 3. The molecule has 0 atom stereocenters. The third kappa shape index (κ3) is 3.41. The average molecular weight is 370 g/mol. The van der Waals surface area contributed by atoms with Crippen LogP contribution in [0.5, 0.6) is 0 Å². The van der Waals surface area contributed by atoms with Crippen LogP contribution in [0.1, 0.15) is 60.0 Å². The molecular weight excluding hydrogens is 346 g/mol. The van der Waals surface area contributed by atoms with Crippen molar-refractivity contribution in [2.75, 3.05) is 0 Å². The first-order valence-electron chi connectivity index (χ1n) is 8.24. The number of rotatable bonds is 4. The fourth-order valence-electron chi connectivity index (χ4n) is 3.38. The molecule has 0 spiro atoms. The molecule has 3 rings (SSSR count). The van der Waals surface area contributed by atoms with Gasteiger partial charge in [0, 0.05) is 16.7 Å². The molecule has 8 heteroatoms. The lowest BCUT2D eigenvalue weighted by Crippen LogP contribution is -2.46. The first-order valence-corrected chi connectivity index (χ1v) is 10.5. The summed E-state index contributed by atoms with van der Waals surface area (Å²) in [6.45, 7) is 5.48. The molecule has 6 nitrogen and oxygen atoms in total. The van der Waals surface area contributed by atoms with Gasteiger partial charge in [-0.3, -0.25) is 0 Å². The fourth-order valence-corrected chi connectivity index (χ4v) is 6.36. The molecule has 0 aliphatic heterocycles. The summed E-state index contributed by atoms with van der Waals surface area (Å²) in [7, 11) is -3.64. The predicted octanol–water partition coefficient (Wildman–Crippen LogP) is 3.58. The van der Waals surface area contributed by atoms with E-state index in [-0.39, 0.29) is 0 Å². The molecule has 0 bridgehead atoms. The molecule has 0 aromatic carbocycles. The van der Waals surface area contributed by atoms with Crippen molar-refractivity contribution >= 4 is 21.4 Å². The van der Waals surface area contributed by atoms with Crippen molar-refractivity contribution in [2.45, 2.75) is 69.7 Å². The van der Waals surface area contributed by atoms with Crippen molar-refractivity contribution in [1.82, 2.24) is 14.9 Å². The fraction of sp³-hybridized carbons (Fsp3) is 0.625. The number of aromatic nitrogens is 2. The highest BCUT2D eigenvalue weighted by Gasteiger charge is 2.41. The Morgan fingerprint density at radius 2 is 1.83 bits per heavy atom. The van der Waals surface area contributed by atoms with Gasteiger partial charge in [-0.05, 0) is 32.8 Å². The minimum absolute atomic E-state index is 0.355. The molecule has 2 aromatic rings. The summed E-state index contributed by atoms with van der Waals surface area (Å²) >= 11 is 1.49. The Bertz CT molecular complexity index is 815. The Hall–Kier alpha value is -1.25. The molecule has 24 heavy (non-hydrogen) atoms. The number of nitrogens with one attached hydrogen (secondary N) is 1. The normalized spacial score (nSPS) is 18.5. The Kier molecular flexibility index (Phi) is 4.81. The van der Waals surface area contributed by atoms with E-state index in [2.05, 4.69) is 14.9 Å². The standard InChI is InChI=1S/C16H23N3O3S2/c1-11-10-14(12(2)23-11)24(20,21)19-16(8-6-4-5-7-9-16)15-17-13(3)22-18-15/h10,19H,4-9H2,1-3H3. The lowest BCUT2D eigenvalue weighted by molar-refractivity contribution is 0.301. The van der Waals surface area contributed by atoms with Gasteiger partial charge in [0.05, 0.1) is 10.4 Å². The molecule has 1 saturated carbocycles. The molecule has 2 aromatic heterocycles. The van der Waals surface area contributed by atoms with E-state index in [1.165, 1.54) is 11.3 Å². The molecule has 0 unspecified atom stereocenters. The molecule has 1 N–H and O–H groups in total. The second kappa shape index (κ2) is 6.57. The van der Waals surface area contributed by atoms with E-state index in [4.69, 9.17) is 4.52 Å². The number of hydrogen-bond donors (Lipinski definition) is 1. The van der Waals surface area contributed by atoms with E-state index in [0.717, 1.165) is 35.4 Å². The highest BCUT2D eigenvalue weighted by molar-refractivity contribution is 7.89. The average Bonchev–Trinajstić information content (AvgIpc) is 3.00. The van der Waals surface area contributed by atoms with Crippen LogP contribution in [0.15, 0.2) is 15.5 Å². The summed E-state index contributed by atoms with van der Waals surface area (Å²) in [4.78, 5) is 6.49. The number of thiophene rings is 1. The minimum Gasteiger partial charge on any atom is -0.340 e. The molecule has 0 amide bonds. The summed E-state index contributed by atoms with van der Waals surface area (Å²) in [5.41, 5.74) is -0.782. The smallest absolute Gasteiger partial charge is 0.242 e. The third-order valence-electron chi connectivity index (χ3n) is 4.53. The number of sulfonamides is 1. The zero-order valence-electron chi connectivity index (χ0n) is 14.3. The summed E-state index contributed by atoms with van der Waals surface area (Å²) in [6.07, 6.45) is 5.45. The van der Waals surface area contributed by atoms with Gasteiger partial charge in [-0.25, -0.2) is 8.42 Å². The Morgan fingerprint density at radius 1 is 1.17 bits per heavy atom. The van der Waals surface area contributed by atoms with Crippen LogP contribution in [0.2, 0.25) is 0 Å². The maximum Gasteiger partial charge on any atom is 0.242 e. The van der Waals surface area contributed by atoms with Crippen molar-refractivity contribution in [3.8, 4) is 0 Å². The van der Waals surface area contributed by atoms with Crippen LogP contribution < -0.4 is 4.72 Å². The Labute approximate surface area is 146 Å². The van der Waals surface area contributed by atoms with Gasteiger partial charge in [-0.1, -0.05) is 30.8 Å². The van der Waals surface area contributed by atoms with Crippen LogP contribution in [0.3, 0.4) is 0 Å². The van der Waals surface area contributed by atoms with Crippen molar-refractivity contribution in [3.63, 3.8) is 0 Å². The first kappa shape index (κ1) is 17.6. The van der Waals surface area contributed by atoms with E-state index in [1.54, 1.807) is 13.0 Å². The van der Waals surface area contributed by atoms with Crippen molar-refractivity contribution in [2.24, 2.45) is 0 Å². The van der Waals surface area contributed by atoms with Crippen LogP contribution in [0.4, 0.5) is 0 Å². The van der Waals surface area contributed by atoms with Crippen LogP contribution in [0.25, 0.3) is 0 Å². The summed E-state index contributed by atoms with van der Waals surface area (Å²) < 4.78 is 34.2. The van der Waals surface area contributed by atoms with Crippen LogP contribution in [-0.4, -0.2) is 18.6 Å². The van der Waals surface area contributed by atoms with Crippen LogP contribution >= 0.6 is 11.3 Å². The molecule has 132 valence electrons. The molecule has 1 aliphatic rings. The summed E-state index contributed by atoms with van der Waals surface area (Å²) in [6, 6.07) is 1.73. The van der Waals surface area contributed by atoms with E-state index >= 15 is 0 Å². The van der Waals surface area contributed by atoms with Crippen molar-refractivity contribution < 1.29 is 12.9 Å². The van der Waals surface area contributed by atoms with Gasteiger partial charge in [-0.2, -0.15) is 9.71 Å². The van der Waals surface area contributed by atoms with Gasteiger partial charge < -0.3 is 4.52 Å². The molecule has 0 radical (unpaired) electrons. The highest BCUT2D eigenvalue weighted by Crippen LogP contribution is 2.37. The Balaban J connectivity index is 2.01. The maximum absolute atomic E-state index is 13.0. The van der Waals surface area contributed by atoms with E-state index in [1.807, 2.05) is 13.8 Å². The van der Waals surface area contributed by atoms with Gasteiger partial charge >= 0.3 is 0 Å². The van der Waals surface area contributed by atoms with Gasteiger partial charge in [0.25, 0.3) is 0 Å². The second-order valence-corrected chi connectivity index (χ2v) is 9.63. The van der Waals surface area contributed by atoms with E-state index in [9.17, 15) is 8.42 Å². The van der Waals surface area contributed by atoms with Gasteiger partial charge in [0.15, 0.2) is 5.82 Å². The second-order valence-electron chi connectivity index (χ2n) is 6.52. The van der Waals surface area contributed by atoms with E-state index < -0.39 is 15.6 Å². The zero-order chi connectivity index (χ0) is 17.4. The number of hydrogen-bond acceptors (Lipinski definition) is 6. The largest absolute Gasteiger partial charge is 0.340 e. The molecule has 0 saturated heterocycles. The molecular formula is C16H23N3O3S2. The van der Waals surface area contributed by atoms with Gasteiger partial charge in [-0.15, -0.1) is 11.3 Å². The lowest BCUT2D eigenvalue weighted by atomic mass is 9.91. The monoisotopic (exact) mass is 369 g/mol. The quantitative estimate of drug-likeness (QED) is 0.833. The summed E-state index contributed by atoms with van der Waals surface area (Å²) in [5, 5.41) is 4.05. The van der Waals surface area contributed by atoms with Crippen LogP contribution in [-0.2, 0) is 15.6 Å². The molecule has 2 heterocycles. The lowest BCUT2D eigenvalue weighted by Gasteiger charge is -2.30. The third-order valence-corrected chi connectivity index (χ3v) is 7.29. The minimum atomic E-state index is -3.64. The molecule has 1 fully saturated rings. The zero-order valence-corrected chi connectivity index (χ0v) is 15.9. The predicted molar refractivity (Wildman–Crippen MR) is 92.5 cm³/mol. The Morgan fingerprint density at radius 3 is 2.33 bits per heavy atom. The highest BCUT2D eigenvalue weighted by atomic mass is 32.2. The first-order chi connectivity index (χ1) is 11.3. The van der Waals surface area contributed by atoms with Crippen molar-refractivity contribution in [3.05, 3.63) is 27.5 Å². The van der Waals surface area contributed by atoms with Crippen LogP contribution in [0, 0.1) is 20.8 Å². The van der Waals surface area contributed by atoms with E-state index in [0.29, 0.717) is 29.5 Å². The topological polar surface area (TPSA) is 85.1 Å². The van der Waals surface area contributed by atoms with Gasteiger partial charge in [0.1, 0.15) is 0 Å². The molecule has 1 aliphatic carbocycles. The SMILES string of the molecule is Cc1nc(C2(NS(=O)(=O)c3cc(C)sc3C)CCCCCC2)no1. The van der Waals surface area contributed by atoms with Gasteiger partial charge in [0.2, 0.25) is 15.9 Å². The number of nitrogens with zero attached hydrogens (tertiary/aromatic N) is 2. The van der Waals surface area contributed by atoms with Crippen molar-refractivity contribution in [1.29, 1.82) is 0 Å². The maximum atomic E-state index is 13.0.